The number of nitrogens with zero attached hydrogens (tertiary/aromatic N) is 1. The highest BCUT2D eigenvalue weighted by Crippen LogP contribution is 2.25. The third kappa shape index (κ3) is 4.09. The van der Waals surface area contributed by atoms with Gasteiger partial charge in [-0.25, -0.2) is 13.2 Å². The number of sulfonamides is 1. The molecule has 0 aliphatic rings. The van der Waals surface area contributed by atoms with Crippen LogP contribution in [0.3, 0.4) is 0 Å². The first-order valence-electron chi connectivity index (χ1n) is 5.94. The van der Waals surface area contributed by atoms with Crippen molar-refractivity contribution >= 4 is 33.3 Å². The molecule has 1 aromatic rings. The van der Waals surface area contributed by atoms with Gasteiger partial charge in [0.05, 0.1) is 23.5 Å². The first-order chi connectivity index (χ1) is 9.69. The average Bonchev–Trinajstić information content (AvgIpc) is 2.37. The Morgan fingerprint density at radius 3 is 2.48 bits per heavy atom. The number of carboxylic acid groups (broad SMARTS) is 1. The van der Waals surface area contributed by atoms with E-state index in [4.69, 9.17) is 10.8 Å². The van der Waals surface area contributed by atoms with E-state index in [2.05, 4.69) is 4.74 Å². The van der Waals surface area contributed by atoms with E-state index in [-0.39, 0.29) is 23.5 Å². The first-order valence-corrected chi connectivity index (χ1v) is 7.55. The number of benzene rings is 1. The Labute approximate surface area is 122 Å². The molecule has 0 amide bonds. The molecule has 0 aliphatic carbocycles. The Kier molecular flexibility index (Phi) is 5.14. The molecule has 0 aliphatic heterocycles. The van der Waals surface area contributed by atoms with Crippen LogP contribution in [0.2, 0.25) is 0 Å². The van der Waals surface area contributed by atoms with Crippen LogP contribution in [-0.2, 0) is 19.6 Å². The summed E-state index contributed by atoms with van der Waals surface area (Å²) in [5, 5.41) is 8.83. The molecule has 0 saturated heterocycles. The van der Waals surface area contributed by atoms with Gasteiger partial charge in [0.2, 0.25) is 10.0 Å². The third-order valence-corrected chi connectivity index (χ3v) is 4.27. The lowest BCUT2D eigenvalue weighted by atomic mass is 10.2. The van der Waals surface area contributed by atoms with E-state index >= 15 is 0 Å². The van der Waals surface area contributed by atoms with Gasteiger partial charge in [0.15, 0.2) is 5.75 Å². The molecule has 116 valence electrons. The van der Waals surface area contributed by atoms with Crippen LogP contribution in [0.4, 0.5) is 11.4 Å². The van der Waals surface area contributed by atoms with Gasteiger partial charge >= 0.3 is 11.9 Å². The fourth-order valence-electron chi connectivity index (χ4n) is 1.57. The summed E-state index contributed by atoms with van der Waals surface area (Å²) in [6.07, 6.45) is 0. The summed E-state index contributed by atoms with van der Waals surface area (Å²) in [5.74, 6) is -2.87. The smallest absolute Gasteiger partial charge is 0.335 e. The zero-order valence-electron chi connectivity index (χ0n) is 11.6. The van der Waals surface area contributed by atoms with Crippen LogP contribution in [0.1, 0.15) is 17.3 Å². The van der Waals surface area contributed by atoms with Crippen LogP contribution < -0.4 is 10.0 Å². The number of hydrogen-bond donors (Lipinski definition) is 2. The highest BCUT2D eigenvalue weighted by molar-refractivity contribution is 7.93. The van der Waals surface area contributed by atoms with Crippen molar-refractivity contribution in [3.63, 3.8) is 0 Å². The molecule has 0 bridgehead atoms. The highest BCUT2D eigenvalue weighted by Gasteiger charge is 2.25. The van der Waals surface area contributed by atoms with E-state index in [1.54, 1.807) is 6.92 Å². The van der Waals surface area contributed by atoms with Crippen molar-refractivity contribution in [2.45, 2.75) is 6.92 Å². The van der Waals surface area contributed by atoms with Crippen LogP contribution in [0.15, 0.2) is 18.2 Å². The fraction of sp³-hybridized carbons (Fsp3) is 0.333. The molecule has 0 saturated carbocycles. The standard InChI is InChI=1S/C12H16N2O6S/c1-3-20-11(15)7-21(18,19)14(2)10-5-4-8(12(16)17)6-9(10)13/h4-6H,3,7,13H2,1-2H3,(H,16,17). The minimum atomic E-state index is -3.96. The van der Waals surface area contributed by atoms with Crippen LogP contribution in [-0.4, -0.2) is 44.9 Å². The SMILES string of the molecule is CCOC(=O)CS(=O)(=O)N(C)c1ccc(C(=O)O)cc1N. The van der Waals surface area contributed by atoms with Gasteiger partial charge in [-0.15, -0.1) is 0 Å². The Bertz CT molecular complexity index is 656. The molecule has 0 spiro atoms. The van der Waals surface area contributed by atoms with Crippen molar-refractivity contribution in [1.29, 1.82) is 0 Å². The molecule has 8 nitrogen and oxygen atoms in total. The van der Waals surface area contributed by atoms with Gasteiger partial charge in [-0.05, 0) is 25.1 Å². The van der Waals surface area contributed by atoms with Gasteiger partial charge in [0.25, 0.3) is 0 Å². The number of aromatic carboxylic acids is 1. The summed E-state index contributed by atoms with van der Waals surface area (Å²) in [6.45, 7) is 1.64. The van der Waals surface area contributed by atoms with Crippen LogP contribution in [0, 0.1) is 0 Å². The Hall–Kier alpha value is -2.29. The largest absolute Gasteiger partial charge is 0.478 e. The number of ether oxygens (including phenoxy) is 1. The van der Waals surface area contributed by atoms with E-state index in [1.165, 1.54) is 19.2 Å². The molecule has 1 rings (SSSR count). The minimum Gasteiger partial charge on any atom is -0.478 e. The molecule has 0 heterocycles. The van der Waals surface area contributed by atoms with E-state index in [0.717, 1.165) is 10.4 Å². The van der Waals surface area contributed by atoms with Crippen molar-refractivity contribution in [1.82, 2.24) is 0 Å². The van der Waals surface area contributed by atoms with E-state index in [1.807, 2.05) is 0 Å². The van der Waals surface area contributed by atoms with Crippen molar-refractivity contribution in [2.75, 3.05) is 29.4 Å². The van der Waals surface area contributed by atoms with Gasteiger partial charge < -0.3 is 15.6 Å². The maximum Gasteiger partial charge on any atom is 0.335 e. The Balaban J connectivity index is 3.05. The van der Waals surface area contributed by atoms with E-state index in [9.17, 15) is 18.0 Å². The van der Waals surface area contributed by atoms with Gasteiger partial charge in [0, 0.05) is 7.05 Å². The normalized spacial score (nSPS) is 11.0. The van der Waals surface area contributed by atoms with Crippen molar-refractivity contribution in [3.05, 3.63) is 23.8 Å². The molecular formula is C12H16N2O6S. The summed E-state index contributed by atoms with van der Waals surface area (Å²) in [5.41, 5.74) is 5.66. The topological polar surface area (TPSA) is 127 Å². The second-order valence-corrected chi connectivity index (χ2v) is 6.11. The molecule has 0 unspecified atom stereocenters. The first kappa shape index (κ1) is 16.8. The Morgan fingerprint density at radius 2 is 2.00 bits per heavy atom. The number of nitrogens with two attached hydrogens (primary N) is 1. The average molecular weight is 316 g/mol. The van der Waals surface area contributed by atoms with Gasteiger partial charge in [0.1, 0.15) is 0 Å². The van der Waals surface area contributed by atoms with Crippen molar-refractivity contribution in [2.24, 2.45) is 0 Å². The number of nitrogen functional groups attached to an aromatic ring is 1. The van der Waals surface area contributed by atoms with Gasteiger partial charge in [-0.3, -0.25) is 9.10 Å². The lowest BCUT2D eigenvalue weighted by Gasteiger charge is -2.20. The van der Waals surface area contributed by atoms with E-state index < -0.39 is 27.7 Å². The molecule has 1 aromatic carbocycles. The number of rotatable bonds is 6. The third-order valence-electron chi connectivity index (χ3n) is 2.64. The number of anilines is 2. The maximum absolute atomic E-state index is 12.0. The number of carbonyl (C=O) groups is 2. The predicted molar refractivity (Wildman–Crippen MR) is 76.6 cm³/mol. The quantitative estimate of drug-likeness (QED) is 0.570. The second-order valence-electron chi connectivity index (χ2n) is 4.11. The van der Waals surface area contributed by atoms with Crippen LogP contribution >= 0.6 is 0 Å². The minimum absolute atomic E-state index is 0.0233. The molecule has 0 atom stereocenters. The Morgan fingerprint density at radius 1 is 1.38 bits per heavy atom. The molecule has 0 radical (unpaired) electrons. The number of hydrogen-bond acceptors (Lipinski definition) is 6. The van der Waals surface area contributed by atoms with Gasteiger partial charge in [-0.1, -0.05) is 0 Å². The number of carbonyl (C=O) groups excluding carboxylic acids is 1. The molecule has 0 aromatic heterocycles. The van der Waals surface area contributed by atoms with Gasteiger partial charge in [-0.2, -0.15) is 0 Å². The lowest BCUT2D eigenvalue weighted by Crippen LogP contribution is -2.33. The summed E-state index contributed by atoms with van der Waals surface area (Å²) < 4.78 is 29.5. The van der Waals surface area contributed by atoms with Crippen molar-refractivity contribution < 1.29 is 27.9 Å². The predicted octanol–water partition coefficient (Wildman–Crippen LogP) is 0.296. The summed E-state index contributed by atoms with van der Waals surface area (Å²) >= 11 is 0. The molecule has 21 heavy (non-hydrogen) atoms. The number of esters is 1. The molecular weight excluding hydrogens is 300 g/mol. The lowest BCUT2D eigenvalue weighted by molar-refractivity contribution is -0.139. The maximum atomic E-state index is 12.0. The van der Waals surface area contributed by atoms with Crippen LogP contribution in [0.5, 0.6) is 0 Å². The summed E-state index contributed by atoms with van der Waals surface area (Å²) in [7, 11) is -2.74. The van der Waals surface area contributed by atoms with Crippen molar-refractivity contribution in [3.8, 4) is 0 Å². The summed E-state index contributed by atoms with van der Waals surface area (Å²) in [6, 6.07) is 3.64. The molecule has 9 heteroatoms. The van der Waals surface area contributed by atoms with Crippen LogP contribution in [0.25, 0.3) is 0 Å². The molecule has 0 fully saturated rings. The molecule has 3 N–H and O–H groups in total. The monoisotopic (exact) mass is 316 g/mol. The summed E-state index contributed by atoms with van der Waals surface area (Å²) in [4.78, 5) is 22.1. The fourth-order valence-corrected chi connectivity index (χ4v) is 2.61. The number of carboxylic acids is 1. The van der Waals surface area contributed by atoms with E-state index in [0.29, 0.717) is 0 Å². The zero-order valence-corrected chi connectivity index (χ0v) is 12.4. The second kappa shape index (κ2) is 6.44. The highest BCUT2D eigenvalue weighted by atomic mass is 32.2. The zero-order chi connectivity index (χ0) is 16.2.